The second-order valence-corrected chi connectivity index (χ2v) is 10.3. The highest BCUT2D eigenvalue weighted by Crippen LogP contribution is 2.38. The fraction of sp³-hybridized carbons (Fsp3) is 0.407. The van der Waals surface area contributed by atoms with Crippen molar-refractivity contribution in [1.82, 2.24) is 14.8 Å². The molecule has 2 aromatic heterocycles. The van der Waals surface area contributed by atoms with Gasteiger partial charge in [-0.25, -0.2) is 4.68 Å². The van der Waals surface area contributed by atoms with Gasteiger partial charge in [0.1, 0.15) is 0 Å². The number of carbonyl (C=O) groups is 2. The number of nitrogens with two attached hydrogens (primary N) is 1. The molecule has 5 rings (SSSR count). The van der Waals surface area contributed by atoms with E-state index in [0.717, 1.165) is 47.5 Å². The molecule has 182 valence electrons. The molecule has 2 aliphatic rings. The summed E-state index contributed by atoms with van der Waals surface area (Å²) in [7, 11) is 0. The van der Waals surface area contributed by atoms with Crippen molar-refractivity contribution in [2.24, 2.45) is 11.1 Å². The predicted molar refractivity (Wildman–Crippen MR) is 133 cm³/mol. The average molecular weight is 474 g/mol. The lowest BCUT2D eigenvalue weighted by atomic mass is 9.75. The predicted octanol–water partition coefficient (Wildman–Crippen LogP) is 3.70. The lowest BCUT2D eigenvalue weighted by Crippen LogP contribution is -2.29. The number of primary amides is 1. The number of benzene rings is 1. The van der Waals surface area contributed by atoms with Gasteiger partial charge in [0.05, 0.1) is 28.2 Å². The topological polar surface area (TPSA) is 112 Å². The van der Waals surface area contributed by atoms with E-state index in [0.29, 0.717) is 37.3 Å². The van der Waals surface area contributed by atoms with Crippen LogP contribution in [0.15, 0.2) is 42.7 Å². The summed E-state index contributed by atoms with van der Waals surface area (Å²) in [5, 5.41) is 8.44. The van der Waals surface area contributed by atoms with E-state index in [-0.39, 0.29) is 17.2 Å². The maximum Gasteiger partial charge on any atom is 0.250 e. The number of Topliss-reactive ketones (excluding diaryl/α,β-unsaturated/α-hetero) is 1. The number of amides is 1. The first-order valence-corrected chi connectivity index (χ1v) is 12.1. The van der Waals surface area contributed by atoms with Gasteiger partial charge in [0.2, 0.25) is 0 Å². The SMILES string of the molecule is CC1(C)CC(=O)c2c(Cc3ccncc3)nn(-c3ccc(C(N)=O)c(NC4CCOCC4)c3)c2C1. The third kappa shape index (κ3) is 4.84. The second-order valence-electron chi connectivity index (χ2n) is 10.3. The molecule has 35 heavy (non-hydrogen) atoms. The highest BCUT2D eigenvalue weighted by Gasteiger charge is 2.36. The zero-order chi connectivity index (χ0) is 24.6. The molecule has 1 aliphatic heterocycles. The van der Waals surface area contributed by atoms with Gasteiger partial charge in [-0.05, 0) is 60.6 Å². The van der Waals surface area contributed by atoms with Crippen LogP contribution in [0.1, 0.15) is 70.8 Å². The molecule has 0 atom stereocenters. The highest BCUT2D eigenvalue weighted by atomic mass is 16.5. The number of ether oxygens (including phenoxy) is 1. The molecule has 8 nitrogen and oxygen atoms in total. The number of anilines is 1. The molecule has 1 aliphatic carbocycles. The zero-order valence-corrected chi connectivity index (χ0v) is 20.2. The van der Waals surface area contributed by atoms with Gasteiger partial charge < -0.3 is 15.8 Å². The van der Waals surface area contributed by atoms with Crippen molar-refractivity contribution in [1.29, 1.82) is 0 Å². The average Bonchev–Trinajstić information content (AvgIpc) is 3.17. The molecule has 3 N–H and O–H groups in total. The van der Waals surface area contributed by atoms with Gasteiger partial charge in [-0.2, -0.15) is 5.10 Å². The van der Waals surface area contributed by atoms with Crippen molar-refractivity contribution >= 4 is 17.4 Å². The van der Waals surface area contributed by atoms with Crippen LogP contribution >= 0.6 is 0 Å². The summed E-state index contributed by atoms with van der Waals surface area (Å²) in [6, 6.07) is 9.61. The monoisotopic (exact) mass is 473 g/mol. The number of ketones is 1. The number of carbonyl (C=O) groups excluding carboxylic acids is 2. The number of pyridine rings is 1. The van der Waals surface area contributed by atoms with E-state index in [4.69, 9.17) is 15.6 Å². The first-order valence-electron chi connectivity index (χ1n) is 12.1. The minimum atomic E-state index is -0.483. The first kappa shape index (κ1) is 23.2. The van der Waals surface area contributed by atoms with Crippen LogP contribution in [0.4, 0.5) is 5.69 Å². The van der Waals surface area contributed by atoms with Crippen LogP contribution in [-0.2, 0) is 17.6 Å². The number of hydrogen-bond acceptors (Lipinski definition) is 6. The van der Waals surface area contributed by atoms with Gasteiger partial charge in [-0.1, -0.05) is 13.8 Å². The molecule has 0 saturated carbocycles. The van der Waals surface area contributed by atoms with Crippen LogP contribution in [-0.4, -0.2) is 45.7 Å². The number of aromatic nitrogens is 3. The van der Waals surface area contributed by atoms with Gasteiger partial charge in [0, 0.05) is 50.2 Å². The Morgan fingerprint density at radius 3 is 2.63 bits per heavy atom. The summed E-state index contributed by atoms with van der Waals surface area (Å²) in [6.07, 6.45) is 7.00. The first-order chi connectivity index (χ1) is 16.8. The van der Waals surface area contributed by atoms with Gasteiger partial charge in [-0.3, -0.25) is 14.6 Å². The summed E-state index contributed by atoms with van der Waals surface area (Å²) >= 11 is 0. The molecule has 1 aromatic carbocycles. The molecule has 1 saturated heterocycles. The lowest BCUT2D eigenvalue weighted by Gasteiger charge is -2.29. The van der Waals surface area contributed by atoms with Crippen molar-refractivity contribution in [3.05, 3.63) is 70.8 Å². The Balaban J connectivity index is 1.59. The fourth-order valence-electron chi connectivity index (χ4n) is 5.12. The van der Waals surface area contributed by atoms with E-state index in [1.807, 2.05) is 28.9 Å². The van der Waals surface area contributed by atoms with Crippen LogP contribution in [0.5, 0.6) is 0 Å². The van der Waals surface area contributed by atoms with Crippen LogP contribution < -0.4 is 11.1 Å². The quantitative estimate of drug-likeness (QED) is 0.565. The Morgan fingerprint density at radius 2 is 1.91 bits per heavy atom. The minimum Gasteiger partial charge on any atom is -0.381 e. The van der Waals surface area contributed by atoms with Crippen molar-refractivity contribution in [2.45, 2.75) is 52.0 Å². The molecule has 0 spiro atoms. The van der Waals surface area contributed by atoms with E-state index >= 15 is 0 Å². The Hall–Kier alpha value is -3.52. The molecule has 1 fully saturated rings. The van der Waals surface area contributed by atoms with Crippen LogP contribution in [0, 0.1) is 5.41 Å². The smallest absolute Gasteiger partial charge is 0.250 e. The van der Waals surface area contributed by atoms with Crippen molar-refractivity contribution in [3.63, 3.8) is 0 Å². The largest absolute Gasteiger partial charge is 0.381 e. The van der Waals surface area contributed by atoms with Gasteiger partial charge in [0.25, 0.3) is 5.91 Å². The summed E-state index contributed by atoms with van der Waals surface area (Å²) in [4.78, 5) is 29.5. The molecule has 1 amide bonds. The van der Waals surface area contributed by atoms with E-state index < -0.39 is 5.91 Å². The van der Waals surface area contributed by atoms with Gasteiger partial charge in [0.15, 0.2) is 5.78 Å². The maximum absolute atomic E-state index is 13.3. The van der Waals surface area contributed by atoms with Gasteiger partial charge >= 0.3 is 0 Å². The highest BCUT2D eigenvalue weighted by molar-refractivity contribution is 6.00. The Kier molecular flexibility index (Phi) is 6.15. The molecule has 0 radical (unpaired) electrons. The number of hydrogen-bond donors (Lipinski definition) is 2. The zero-order valence-electron chi connectivity index (χ0n) is 20.2. The molecular weight excluding hydrogens is 442 g/mol. The summed E-state index contributed by atoms with van der Waals surface area (Å²) in [5.74, 6) is -0.357. The third-order valence-corrected chi connectivity index (χ3v) is 6.83. The van der Waals surface area contributed by atoms with E-state index in [1.165, 1.54) is 0 Å². The summed E-state index contributed by atoms with van der Waals surface area (Å²) < 4.78 is 7.35. The fourth-order valence-corrected chi connectivity index (χ4v) is 5.12. The van der Waals surface area contributed by atoms with E-state index in [9.17, 15) is 9.59 Å². The number of rotatable bonds is 6. The molecule has 0 unspecified atom stereocenters. The Bertz CT molecular complexity index is 1260. The minimum absolute atomic E-state index is 0.126. The number of nitrogens with zero attached hydrogens (tertiary/aromatic N) is 3. The van der Waals surface area contributed by atoms with E-state index in [2.05, 4.69) is 24.1 Å². The van der Waals surface area contributed by atoms with Gasteiger partial charge in [-0.15, -0.1) is 0 Å². The van der Waals surface area contributed by atoms with E-state index in [1.54, 1.807) is 18.5 Å². The second kappa shape index (κ2) is 9.26. The lowest BCUT2D eigenvalue weighted by molar-refractivity contribution is 0.0902. The summed E-state index contributed by atoms with van der Waals surface area (Å²) in [6.45, 7) is 5.60. The standard InChI is InChI=1S/C27H31N5O3/c1-27(2)15-23-25(24(33)16-27)22(13-17-5-9-29-10-6-17)31-32(23)19-3-4-20(26(28)34)21(14-19)30-18-7-11-35-12-8-18/h3-6,9-10,14,18,30H,7-8,11-13,15-16H2,1-2H3,(H2,28,34). The normalized spacial score (nSPS) is 17.7. The van der Waals surface area contributed by atoms with Crippen molar-refractivity contribution < 1.29 is 14.3 Å². The molecular formula is C27H31N5O3. The van der Waals surface area contributed by atoms with Crippen LogP contribution in [0.2, 0.25) is 0 Å². The van der Waals surface area contributed by atoms with Crippen LogP contribution in [0.25, 0.3) is 5.69 Å². The Labute approximate surface area is 204 Å². The Morgan fingerprint density at radius 1 is 1.17 bits per heavy atom. The van der Waals surface area contributed by atoms with Crippen molar-refractivity contribution in [2.75, 3.05) is 18.5 Å². The molecule has 3 aromatic rings. The number of nitrogens with one attached hydrogen (secondary N) is 1. The third-order valence-electron chi connectivity index (χ3n) is 6.83. The summed E-state index contributed by atoms with van der Waals surface area (Å²) in [5.41, 5.74) is 10.9. The van der Waals surface area contributed by atoms with Crippen molar-refractivity contribution in [3.8, 4) is 5.69 Å². The van der Waals surface area contributed by atoms with Crippen LogP contribution in [0.3, 0.4) is 0 Å². The molecule has 8 heteroatoms. The maximum atomic E-state index is 13.3. The molecule has 3 heterocycles. The molecule has 0 bridgehead atoms. The number of fused-ring (bicyclic) bond motifs is 1.